The molecule has 0 bridgehead atoms. The SMILES string of the molecule is O=C(O)c1ccccc1OCCc1ccccc1.O=C(O)c1ccccc1OCc1ccccc1.O=C(O)c1ccccc1Oc1ccccc1. The average molecular weight is 685 g/mol. The normalized spacial score (nSPS) is 9.88. The topological polar surface area (TPSA) is 140 Å². The third-order valence-electron chi connectivity index (χ3n) is 7.05. The van der Waals surface area contributed by atoms with Gasteiger partial charge >= 0.3 is 17.9 Å². The predicted octanol–water partition coefficient (Wildman–Crippen LogP) is 9.15. The van der Waals surface area contributed by atoms with Crippen LogP contribution in [-0.2, 0) is 13.0 Å². The highest BCUT2D eigenvalue weighted by Gasteiger charge is 2.12. The Hall–Kier alpha value is -6.87. The summed E-state index contributed by atoms with van der Waals surface area (Å²) in [5.41, 5.74) is 2.72. The summed E-state index contributed by atoms with van der Waals surface area (Å²) >= 11 is 0. The van der Waals surface area contributed by atoms with Crippen molar-refractivity contribution < 1.29 is 43.9 Å². The van der Waals surface area contributed by atoms with E-state index in [4.69, 9.17) is 29.5 Å². The molecule has 0 aliphatic heterocycles. The molecule has 0 saturated carbocycles. The molecule has 0 saturated heterocycles. The molecule has 0 aliphatic carbocycles. The van der Waals surface area contributed by atoms with Gasteiger partial charge in [-0.1, -0.05) is 115 Å². The van der Waals surface area contributed by atoms with E-state index in [1.54, 1.807) is 72.8 Å². The summed E-state index contributed by atoms with van der Waals surface area (Å²) in [7, 11) is 0. The molecule has 51 heavy (non-hydrogen) atoms. The lowest BCUT2D eigenvalue weighted by Crippen LogP contribution is -2.06. The number of para-hydroxylation sites is 4. The van der Waals surface area contributed by atoms with Gasteiger partial charge in [-0.15, -0.1) is 0 Å². The summed E-state index contributed by atoms with van der Waals surface area (Å²) in [6, 6.07) is 48.5. The third kappa shape index (κ3) is 12.3. The Balaban J connectivity index is 0.000000172. The summed E-state index contributed by atoms with van der Waals surface area (Å²) in [6.07, 6.45) is 0.759. The fourth-order valence-corrected chi connectivity index (χ4v) is 4.55. The van der Waals surface area contributed by atoms with Crippen LogP contribution < -0.4 is 14.2 Å². The van der Waals surface area contributed by atoms with E-state index in [-0.39, 0.29) is 16.7 Å². The lowest BCUT2D eigenvalue weighted by molar-refractivity contribution is 0.0680. The van der Waals surface area contributed by atoms with Gasteiger partial charge < -0.3 is 29.5 Å². The van der Waals surface area contributed by atoms with Crippen molar-refractivity contribution in [2.75, 3.05) is 6.61 Å². The molecular formula is C42H36O9. The van der Waals surface area contributed by atoms with E-state index in [9.17, 15) is 14.4 Å². The number of carboxylic acids is 3. The summed E-state index contributed by atoms with van der Waals surface area (Å²) in [5.74, 6) is -1.16. The monoisotopic (exact) mass is 684 g/mol. The molecule has 0 radical (unpaired) electrons. The number of rotatable bonds is 12. The molecule has 6 aromatic rings. The molecule has 9 heteroatoms. The molecule has 3 N–H and O–H groups in total. The minimum Gasteiger partial charge on any atom is -0.492 e. The van der Waals surface area contributed by atoms with E-state index >= 15 is 0 Å². The zero-order valence-electron chi connectivity index (χ0n) is 27.5. The maximum absolute atomic E-state index is 11.0. The van der Waals surface area contributed by atoms with Gasteiger partial charge in [-0.2, -0.15) is 0 Å². The molecule has 0 spiro atoms. The maximum atomic E-state index is 11.0. The van der Waals surface area contributed by atoms with Gasteiger partial charge in [0.1, 0.15) is 46.3 Å². The number of aromatic carboxylic acids is 3. The maximum Gasteiger partial charge on any atom is 0.339 e. The van der Waals surface area contributed by atoms with E-state index in [0.717, 1.165) is 12.0 Å². The smallest absolute Gasteiger partial charge is 0.339 e. The minimum absolute atomic E-state index is 0.159. The van der Waals surface area contributed by atoms with Gasteiger partial charge in [0.2, 0.25) is 0 Å². The van der Waals surface area contributed by atoms with Gasteiger partial charge in [0.15, 0.2) is 0 Å². The largest absolute Gasteiger partial charge is 0.492 e. The first-order chi connectivity index (χ1) is 24.8. The highest BCUT2D eigenvalue weighted by Crippen LogP contribution is 2.25. The Morgan fingerprint density at radius 3 is 1.27 bits per heavy atom. The van der Waals surface area contributed by atoms with Crippen molar-refractivity contribution in [3.63, 3.8) is 0 Å². The lowest BCUT2D eigenvalue weighted by Gasteiger charge is -2.08. The summed E-state index contributed by atoms with van der Waals surface area (Å²) in [6.45, 7) is 0.833. The van der Waals surface area contributed by atoms with Crippen molar-refractivity contribution in [3.8, 4) is 23.0 Å². The van der Waals surface area contributed by atoms with Crippen LogP contribution in [0.5, 0.6) is 23.0 Å². The van der Waals surface area contributed by atoms with Crippen molar-refractivity contribution in [3.05, 3.63) is 192 Å². The van der Waals surface area contributed by atoms with Crippen LogP contribution in [0.25, 0.3) is 0 Å². The highest BCUT2D eigenvalue weighted by molar-refractivity contribution is 5.91. The Kier molecular flexibility index (Phi) is 14.4. The third-order valence-corrected chi connectivity index (χ3v) is 7.05. The zero-order valence-corrected chi connectivity index (χ0v) is 27.5. The van der Waals surface area contributed by atoms with E-state index in [2.05, 4.69) is 0 Å². The van der Waals surface area contributed by atoms with Crippen molar-refractivity contribution in [2.24, 2.45) is 0 Å². The first-order valence-corrected chi connectivity index (χ1v) is 15.8. The van der Waals surface area contributed by atoms with Crippen molar-refractivity contribution in [1.82, 2.24) is 0 Å². The lowest BCUT2D eigenvalue weighted by atomic mass is 10.1. The number of carbonyl (C=O) groups is 3. The second-order valence-corrected chi connectivity index (χ2v) is 10.7. The molecule has 0 atom stereocenters. The summed E-state index contributed by atoms with van der Waals surface area (Å²) in [4.78, 5) is 32.9. The quantitative estimate of drug-likeness (QED) is 0.115. The Morgan fingerprint density at radius 1 is 0.412 bits per heavy atom. The van der Waals surface area contributed by atoms with Crippen LogP contribution in [0.2, 0.25) is 0 Å². The van der Waals surface area contributed by atoms with Crippen LogP contribution in [0.4, 0.5) is 0 Å². The molecule has 0 heterocycles. The minimum atomic E-state index is -0.994. The number of hydrogen-bond donors (Lipinski definition) is 3. The summed E-state index contributed by atoms with van der Waals surface area (Å²) < 4.78 is 16.5. The van der Waals surface area contributed by atoms with E-state index in [1.165, 1.54) is 17.7 Å². The standard InChI is InChI=1S/C15H14O3.C14H12O3.C13H10O3/c16-15(17)13-8-4-5-9-14(13)18-11-10-12-6-2-1-3-7-12;15-14(16)12-8-4-5-9-13(12)17-10-11-6-2-1-3-7-11;14-13(15)11-8-4-5-9-12(11)16-10-6-2-1-3-7-10/h1-9H,10-11H2,(H,16,17);1-9H,10H2,(H,15,16);1-9H,(H,14,15). The first-order valence-electron chi connectivity index (χ1n) is 15.8. The second-order valence-electron chi connectivity index (χ2n) is 10.7. The average Bonchev–Trinajstić information content (AvgIpc) is 3.16. The van der Waals surface area contributed by atoms with Crippen molar-refractivity contribution >= 4 is 17.9 Å². The predicted molar refractivity (Wildman–Crippen MR) is 193 cm³/mol. The molecule has 0 fully saturated rings. The molecule has 0 amide bonds. The molecule has 0 unspecified atom stereocenters. The molecule has 6 aromatic carbocycles. The fourth-order valence-electron chi connectivity index (χ4n) is 4.55. The summed E-state index contributed by atoms with van der Waals surface area (Å²) in [5, 5.41) is 26.9. The Bertz CT molecular complexity index is 1980. The van der Waals surface area contributed by atoms with Crippen LogP contribution in [-0.4, -0.2) is 39.8 Å². The second kappa shape index (κ2) is 19.8. The van der Waals surface area contributed by atoms with Crippen LogP contribution in [0, 0.1) is 0 Å². The number of hydrogen-bond acceptors (Lipinski definition) is 6. The van der Waals surface area contributed by atoms with Gasteiger partial charge in [0.25, 0.3) is 0 Å². The van der Waals surface area contributed by atoms with E-state index in [0.29, 0.717) is 36.2 Å². The Labute approximate surface area is 295 Å². The van der Waals surface area contributed by atoms with Crippen LogP contribution in [0.3, 0.4) is 0 Å². The van der Waals surface area contributed by atoms with Crippen LogP contribution in [0.15, 0.2) is 164 Å². The van der Waals surface area contributed by atoms with Crippen molar-refractivity contribution in [1.29, 1.82) is 0 Å². The zero-order chi connectivity index (χ0) is 36.3. The van der Waals surface area contributed by atoms with Gasteiger partial charge in [0.05, 0.1) is 6.61 Å². The fraction of sp³-hybridized carbons (Fsp3) is 0.0714. The van der Waals surface area contributed by atoms with Crippen LogP contribution >= 0.6 is 0 Å². The first kappa shape index (κ1) is 37.0. The van der Waals surface area contributed by atoms with Gasteiger partial charge in [-0.3, -0.25) is 0 Å². The Morgan fingerprint density at radius 2 is 0.784 bits per heavy atom. The van der Waals surface area contributed by atoms with E-state index in [1.807, 2.05) is 78.9 Å². The van der Waals surface area contributed by atoms with E-state index < -0.39 is 17.9 Å². The van der Waals surface area contributed by atoms with Crippen molar-refractivity contribution in [2.45, 2.75) is 13.0 Å². The highest BCUT2D eigenvalue weighted by atomic mass is 16.5. The molecule has 0 aromatic heterocycles. The number of carboxylic acid groups (broad SMARTS) is 3. The van der Waals surface area contributed by atoms with Gasteiger partial charge in [-0.25, -0.2) is 14.4 Å². The van der Waals surface area contributed by atoms with Gasteiger partial charge in [0, 0.05) is 6.42 Å². The number of benzene rings is 6. The molecular weight excluding hydrogens is 648 g/mol. The van der Waals surface area contributed by atoms with Gasteiger partial charge in [-0.05, 0) is 59.7 Å². The van der Waals surface area contributed by atoms with Crippen LogP contribution in [0.1, 0.15) is 42.2 Å². The number of ether oxygens (including phenoxy) is 3. The molecule has 0 aliphatic rings. The molecule has 6 rings (SSSR count). The molecule has 258 valence electrons. The molecule has 9 nitrogen and oxygen atoms in total.